The minimum atomic E-state index is 0.0941. The number of nitrogens with two attached hydrogens (primary N) is 1. The maximum absolute atomic E-state index is 5.63. The summed E-state index contributed by atoms with van der Waals surface area (Å²) in [6, 6.07) is 8.86. The van der Waals surface area contributed by atoms with Crippen LogP contribution >= 0.6 is 0 Å². The van der Waals surface area contributed by atoms with Gasteiger partial charge in [-0.3, -0.25) is 11.3 Å². The molecule has 1 aliphatic carbocycles. The molecule has 3 N–H and O–H groups in total. The second kappa shape index (κ2) is 6.88. The standard InChI is InChI=1S/C15H24N2O/c1-2-9-18-11-15(17-16)14-8-4-7-13(10-14)12-5-3-6-12/h4,7-8,10,12,15,17H,2-3,5-6,9,11,16H2,1H3. The van der Waals surface area contributed by atoms with Crippen LogP contribution < -0.4 is 11.3 Å². The highest BCUT2D eigenvalue weighted by Gasteiger charge is 2.20. The minimum Gasteiger partial charge on any atom is -0.379 e. The van der Waals surface area contributed by atoms with Crippen molar-refractivity contribution in [2.24, 2.45) is 5.84 Å². The van der Waals surface area contributed by atoms with E-state index in [9.17, 15) is 0 Å². The fourth-order valence-electron chi connectivity index (χ4n) is 2.36. The first-order chi connectivity index (χ1) is 8.85. The van der Waals surface area contributed by atoms with Crippen molar-refractivity contribution in [2.75, 3.05) is 13.2 Å². The van der Waals surface area contributed by atoms with Crippen molar-refractivity contribution in [3.8, 4) is 0 Å². The predicted molar refractivity (Wildman–Crippen MR) is 74.2 cm³/mol. The lowest BCUT2D eigenvalue weighted by atomic mass is 9.79. The molecule has 0 aliphatic heterocycles. The van der Waals surface area contributed by atoms with E-state index in [1.54, 1.807) is 0 Å². The van der Waals surface area contributed by atoms with Crippen molar-refractivity contribution in [1.82, 2.24) is 5.43 Å². The van der Waals surface area contributed by atoms with E-state index in [0.29, 0.717) is 6.61 Å². The summed E-state index contributed by atoms with van der Waals surface area (Å²) < 4.78 is 5.59. The maximum Gasteiger partial charge on any atom is 0.0694 e. The zero-order chi connectivity index (χ0) is 12.8. The molecule has 3 nitrogen and oxygen atoms in total. The lowest BCUT2D eigenvalue weighted by Crippen LogP contribution is -2.31. The summed E-state index contributed by atoms with van der Waals surface area (Å²) in [4.78, 5) is 0. The van der Waals surface area contributed by atoms with Crippen LogP contribution in [0.4, 0.5) is 0 Å². The van der Waals surface area contributed by atoms with Crippen LogP contribution in [0.1, 0.15) is 55.7 Å². The highest BCUT2D eigenvalue weighted by Crippen LogP contribution is 2.36. The van der Waals surface area contributed by atoms with Gasteiger partial charge < -0.3 is 4.74 Å². The molecule has 1 unspecified atom stereocenters. The molecule has 2 rings (SSSR count). The van der Waals surface area contributed by atoms with Crippen LogP contribution in [0.25, 0.3) is 0 Å². The van der Waals surface area contributed by atoms with E-state index in [0.717, 1.165) is 18.9 Å². The van der Waals surface area contributed by atoms with Gasteiger partial charge in [-0.05, 0) is 36.3 Å². The quantitative estimate of drug-likeness (QED) is 0.443. The van der Waals surface area contributed by atoms with Crippen molar-refractivity contribution < 1.29 is 4.74 Å². The normalized spacial score (nSPS) is 17.4. The van der Waals surface area contributed by atoms with E-state index >= 15 is 0 Å². The van der Waals surface area contributed by atoms with Gasteiger partial charge in [0.1, 0.15) is 0 Å². The Hall–Kier alpha value is -0.900. The van der Waals surface area contributed by atoms with Gasteiger partial charge in [0.15, 0.2) is 0 Å². The fraction of sp³-hybridized carbons (Fsp3) is 0.600. The maximum atomic E-state index is 5.63. The van der Waals surface area contributed by atoms with Gasteiger partial charge in [-0.15, -0.1) is 0 Å². The first-order valence-electron chi connectivity index (χ1n) is 6.99. The molecule has 0 saturated heterocycles. The molecule has 1 aromatic rings. The Morgan fingerprint density at radius 2 is 2.28 bits per heavy atom. The Balaban J connectivity index is 2.00. The van der Waals surface area contributed by atoms with Crippen molar-refractivity contribution in [2.45, 2.75) is 44.6 Å². The second-order valence-electron chi connectivity index (χ2n) is 5.09. The molecule has 0 heterocycles. The molecule has 100 valence electrons. The summed E-state index contributed by atoms with van der Waals surface area (Å²) >= 11 is 0. The van der Waals surface area contributed by atoms with Gasteiger partial charge in [-0.25, -0.2) is 0 Å². The third kappa shape index (κ3) is 3.31. The lowest BCUT2D eigenvalue weighted by Gasteiger charge is -2.27. The molecule has 0 amide bonds. The van der Waals surface area contributed by atoms with Crippen LogP contribution in [0.15, 0.2) is 24.3 Å². The largest absolute Gasteiger partial charge is 0.379 e. The van der Waals surface area contributed by atoms with Gasteiger partial charge >= 0.3 is 0 Å². The molecule has 1 saturated carbocycles. The summed E-state index contributed by atoms with van der Waals surface area (Å²) in [5, 5.41) is 0. The van der Waals surface area contributed by atoms with Crippen molar-refractivity contribution in [3.05, 3.63) is 35.4 Å². The Labute approximate surface area is 110 Å². The van der Waals surface area contributed by atoms with Crippen molar-refractivity contribution >= 4 is 0 Å². The molecular formula is C15H24N2O. The molecular weight excluding hydrogens is 224 g/mol. The van der Waals surface area contributed by atoms with Crippen molar-refractivity contribution in [1.29, 1.82) is 0 Å². The molecule has 3 heteroatoms. The highest BCUT2D eigenvalue weighted by molar-refractivity contribution is 5.29. The van der Waals surface area contributed by atoms with Gasteiger partial charge in [-0.1, -0.05) is 37.6 Å². The Bertz CT molecular complexity index is 363. The number of benzene rings is 1. The van der Waals surface area contributed by atoms with Crippen molar-refractivity contribution in [3.63, 3.8) is 0 Å². The number of nitrogens with one attached hydrogen (secondary N) is 1. The average molecular weight is 248 g/mol. The summed E-state index contributed by atoms with van der Waals surface area (Å²) in [5.41, 5.74) is 5.54. The molecule has 1 aromatic carbocycles. The van der Waals surface area contributed by atoms with Gasteiger partial charge in [0, 0.05) is 6.61 Å². The number of hydrogen-bond acceptors (Lipinski definition) is 3. The monoisotopic (exact) mass is 248 g/mol. The van der Waals surface area contributed by atoms with E-state index in [1.807, 2.05) is 0 Å². The van der Waals surface area contributed by atoms with Crippen LogP contribution in [0.2, 0.25) is 0 Å². The molecule has 1 aliphatic rings. The Morgan fingerprint density at radius 1 is 1.44 bits per heavy atom. The summed E-state index contributed by atoms with van der Waals surface area (Å²) in [7, 11) is 0. The first kappa shape index (κ1) is 13.5. The third-order valence-electron chi connectivity index (χ3n) is 3.72. The SMILES string of the molecule is CCCOCC(NN)c1cccc(C2CCC2)c1. The fourth-order valence-corrected chi connectivity index (χ4v) is 2.36. The third-order valence-corrected chi connectivity index (χ3v) is 3.72. The number of rotatable bonds is 7. The molecule has 1 atom stereocenters. The predicted octanol–water partition coefficient (Wildman–Crippen LogP) is 2.89. The molecule has 0 aromatic heterocycles. The molecule has 0 bridgehead atoms. The van der Waals surface area contributed by atoms with E-state index in [1.165, 1.54) is 30.4 Å². The summed E-state index contributed by atoms with van der Waals surface area (Å²) in [6.07, 6.45) is 5.07. The summed E-state index contributed by atoms with van der Waals surface area (Å²) in [6.45, 7) is 3.54. The number of hydrazine groups is 1. The smallest absolute Gasteiger partial charge is 0.0694 e. The van der Waals surface area contributed by atoms with Crippen LogP contribution in [0.3, 0.4) is 0 Å². The van der Waals surface area contributed by atoms with Gasteiger partial charge in [0.25, 0.3) is 0 Å². The zero-order valence-corrected chi connectivity index (χ0v) is 11.2. The molecule has 0 radical (unpaired) electrons. The van der Waals surface area contributed by atoms with Crippen LogP contribution in [0, 0.1) is 0 Å². The minimum absolute atomic E-state index is 0.0941. The van der Waals surface area contributed by atoms with Crippen LogP contribution in [-0.4, -0.2) is 13.2 Å². The van der Waals surface area contributed by atoms with E-state index < -0.39 is 0 Å². The van der Waals surface area contributed by atoms with Gasteiger partial charge in [0.05, 0.1) is 12.6 Å². The average Bonchev–Trinajstić information content (AvgIpc) is 2.33. The van der Waals surface area contributed by atoms with E-state index in [-0.39, 0.29) is 6.04 Å². The van der Waals surface area contributed by atoms with E-state index in [2.05, 4.69) is 36.6 Å². The molecule has 18 heavy (non-hydrogen) atoms. The zero-order valence-electron chi connectivity index (χ0n) is 11.2. The number of hydrogen-bond donors (Lipinski definition) is 2. The van der Waals surface area contributed by atoms with Crippen LogP contribution in [0.5, 0.6) is 0 Å². The van der Waals surface area contributed by atoms with Gasteiger partial charge in [0.2, 0.25) is 0 Å². The highest BCUT2D eigenvalue weighted by atomic mass is 16.5. The summed E-state index contributed by atoms with van der Waals surface area (Å²) in [5.74, 6) is 6.39. The topological polar surface area (TPSA) is 47.3 Å². The lowest BCUT2D eigenvalue weighted by molar-refractivity contribution is 0.112. The Kier molecular flexibility index (Phi) is 5.17. The second-order valence-corrected chi connectivity index (χ2v) is 5.09. The van der Waals surface area contributed by atoms with Crippen LogP contribution in [-0.2, 0) is 4.74 Å². The van der Waals surface area contributed by atoms with E-state index in [4.69, 9.17) is 10.6 Å². The van der Waals surface area contributed by atoms with Gasteiger partial charge in [-0.2, -0.15) is 0 Å². The molecule has 0 spiro atoms. The Morgan fingerprint density at radius 3 is 2.89 bits per heavy atom. The molecule has 1 fully saturated rings. The number of ether oxygens (including phenoxy) is 1. The first-order valence-corrected chi connectivity index (χ1v) is 6.99.